The van der Waals surface area contributed by atoms with Crippen LogP contribution in [0.25, 0.3) is 10.9 Å². The smallest absolute Gasteiger partial charge is 0.0708 e. The Bertz CT molecular complexity index is 554. The maximum Gasteiger partial charge on any atom is 0.0708 e. The minimum Gasteiger partial charge on any atom is -0.396 e. The normalized spacial score (nSPS) is 12.8. The summed E-state index contributed by atoms with van der Waals surface area (Å²) in [7, 11) is 0. The molecular weight excluding hydrogens is 248 g/mol. The fourth-order valence-corrected chi connectivity index (χ4v) is 2.59. The van der Waals surface area contributed by atoms with Crippen LogP contribution in [0.2, 0.25) is 0 Å². The summed E-state index contributed by atoms with van der Waals surface area (Å²) < 4.78 is 0. The molecule has 0 fully saturated rings. The van der Waals surface area contributed by atoms with Gasteiger partial charge < -0.3 is 10.4 Å². The van der Waals surface area contributed by atoms with Crippen LogP contribution in [-0.2, 0) is 6.54 Å². The molecule has 1 aromatic heterocycles. The Balaban J connectivity index is 2.06. The number of para-hydroxylation sites is 1. The molecule has 1 atom stereocenters. The zero-order chi connectivity index (χ0) is 14.4. The first-order valence-electron chi connectivity index (χ1n) is 7.41. The van der Waals surface area contributed by atoms with Crippen LogP contribution in [-0.4, -0.2) is 23.2 Å². The van der Waals surface area contributed by atoms with Crippen molar-refractivity contribution < 1.29 is 5.11 Å². The predicted molar refractivity (Wildman–Crippen MR) is 83.7 cm³/mol. The van der Waals surface area contributed by atoms with Gasteiger partial charge in [0.05, 0.1) is 5.52 Å². The van der Waals surface area contributed by atoms with Gasteiger partial charge in [-0.2, -0.15) is 0 Å². The zero-order valence-electron chi connectivity index (χ0n) is 12.4. The van der Waals surface area contributed by atoms with Gasteiger partial charge >= 0.3 is 0 Å². The molecule has 2 rings (SSSR count). The number of aliphatic hydroxyl groups excluding tert-OH is 1. The van der Waals surface area contributed by atoms with E-state index in [1.807, 2.05) is 13.0 Å². The van der Waals surface area contributed by atoms with E-state index in [2.05, 4.69) is 41.5 Å². The lowest BCUT2D eigenvalue weighted by atomic mass is 10.0. The number of nitrogens with one attached hydrogen (secondary N) is 1. The molecular formula is C17H24N2O. The van der Waals surface area contributed by atoms with E-state index in [9.17, 15) is 0 Å². The Labute approximate surface area is 121 Å². The summed E-state index contributed by atoms with van der Waals surface area (Å²) in [4.78, 5) is 4.56. The van der Waals surface area contributed by atoms with Crippen molar-refractivity contribution in [2.45, 2.75) is 33.2 Å². The Hall–Kier alpha value is -1.45. The summed E-state index contributed by atoms with van der Waals surface area (Å²) in [6.07, 6.45) is 1.98. The molecule has 0 aliphatic rings. The van der Waals surface area contributed by atoms with E-state index >= 15 is 0 Å². The van der Waals surface area contributed by atoms with Gasteiger partial charge in [-0.25, -0.2) is 0 Å². The molecule has 1 unspecified atom stereocenters. The lowest BCUT2D eigenvalue weighted by Gasteiger charge is -2.15. The molecule has 0 amide bonds. The second kappa shape index (κ2) is 7.36. The quantitative estimate of drug-likeness (QED) is 0.814. The Morgan fingerprint density at radius 3 is 2.85 bits per heavy atom. The Kier molecular flexibility index (Phi) is 5.50. The van der Waals surface area contributed by atoms with Gasteiger partial charge in [0, 0.05) is 24.2 Å². The highest BCUT2D eigenvalue weighted by Crippen LogP contribution is 2.18. The van der Waals surface area contributed by atoms with Crippen molar-refractivity contribution >= 4 is 10.9 Å². The summed E-state index contributed by atoms with van der Waals surface area (Å²) in [5, 5.41) is 13.8. The highest BCUT2D eigenvalue weighted by Gasteiger charge is 2.07. The van der Waals surface area contributed by atoms with E-state index in [0.717, 1.165) is 37.1 Å². The second-order valence-electron chi connectivity index (χ2n) is 5.36. The van der Waals surface area contributed by atoms with Gasteiger partial charge in [0.2, 0.25) is 0 Å². The van der Waals surface area contributed by atoms with Crippen molar-refractivity contribution in [2.75, 3.05) is 13.2 Å². The van der Waals surface area contributed by atoms with Gasteiger partial charge in [-0.05, 0) is 43.5 Å². The molecule has 0 aliphatic carbocycles. The molecule has 1 heterocycles. The number of aryl methyl sites for hydroxylation is 1. The van der Waals surface area contributed by atoms with Crippen molar-refractivity contribution in [3.05, 3.63) is 41.6 Å². The maximum atomic E-state index is 9.03. The number of hydrogen-bond acceptors (Lipinski definition) is 3. The molecule has 108 valence electrons. The molecule has 2 N–H and O–H groups in total. The monoisotopic (exact) mass is 272 g/mol. The van der Waals surface area contributed by atoms with Crippen LogP contribution in [0.15, 0.2) is 30.3 Å². The molecule has 0 radical (unpaired) electrons. The summed E-state index contributed by atoms with van der Waals surface area (Å²) in [5.41, 5.74) is 3.42. The molecule has 0 spiro atoms. The predicted octanol–water partition coefficient (Wildman–Crippen LogP) is 3.04. The van der Waals surface area contributed by atoms with E-state index in [0.29, 0.717) is 5.92 Å². The van der Waals surface area contributed by atoms with Gasteiger partial charge in [-0.3, -0.25) is 4.98 Å². The molecule has 3 heteroatoms. The number of rotatable bonds is 7. The van der Waals surface area contributed by atoms with Gasteiger partial charge in [-0.1, -0.05) is 31.5 Å². The van der Waals surface area contributed by atoms with Crippen molar-refractivity contribution in [1.82, 2.24) is 10.3 Å². The third-order valence-corrected chi connectivity index (χ3v) is 3.79. The molecule has 3 nitrogen and oxygen atoms in total. The van der Waals surface area contributed by atoms with Crippen molar-refractivity contribution in [3.63, 3.8) is 0 Å². The molecule has 0 saturated carbocycles. The van der Waals surface area contributed by atoms with Crippen molar-refractivity contribution in [1.29, 1.82) is 0 Å². The molecule has 0 aliphatic heterocycles. The van der Waals surface area contributed by atoms with E-state index in [1.165, 1.54) is 10.9 Å². The SMILES string of the molecule is CCC(CCO)CNCc1cc(C)nc2ccccc12. The van der Waals surface area contributed by atoms with Crippen molar-refractivity contribution in [3.8, 4) is 0 Å². The third kappa shape index (κ3) is 3.78. The van der Waals surface area contributed by atoms with Crippen LogP contribution >= 0.6 is 0 Å². The van der Waals surface area contributed by atoms with Crippen LogP contribution in [0.3, 0.4) is 0 Å². The van der Waals surface area contributed by atoms with E-state index in [1.54, 1.807) is 0 Å². The van der Waals surface area contributed by atoms with Gasteiger partial charge in [0.1, 0.15) is 0 Å². The fourth-order valence-electron chi connectivity index (χ4n) is 2.59. The van der Waals surface area contributed by atoms with E-state index in [-0.39, 0.29) is 6.61 Å². The first-order valence-corrected chi connectivity index (χ1v) is 7.41. The third-order valence-electron chi connectivity index (χ3n) is 3.79. The van der Waals surface area contributed by atoms with E-state index in [4.69, 9.17) is 5.11 Å². The summed E-state index contributed by atoms with van der Waals surface area (Å²) in [6.45, 7) is 6.29. The highest BCUT2D eigenvalue weighted by atomic mass is 16.3. The number of benzene rings is 1. The summed E-state index contributed by atoms with van der Waals surface area (Å²) >= 11 is 0. The number of fused-ring (bicyclic) bond motifs is 1. The molecule has 20 heavy (non-hydrogen) atoms. The average molecular weight is 272 g/mol. The zero-order valence-corrected chi connectivity index (χ0v) is 12.4. The molecule has 0 bridgehead atoms. The van der Waals surface area contributed by atoms with Crippen LogP contribution in [0.4, 0.5) is 0 Å². The lowest BCUT2D eigenvalue weighted by molar-refractivity contribution is 0.251. The topological polar surface area (TPSA) is 45.1 Å². The summed E-state index contributed by atoms with van der Waals surface area (Å²) in [5.74, 6) is 0.550. The van der Waals surface area contributed by atoms with Crippen molar-refractivity contribution in [2.24, 2.45) is 5.92 Å². The molecule has 2 aromatic rings. The number of nitrogens with zero attached hydrogens (tertiary/aromatic N) is 1. The average Bonchev–Trinajstić information content (AvgIpc) is 2.46. The van der Waals surface area contributed by atoms with Crippen LogP contribution in [0.1, 0.15) is 31.0 Å². The van der Waals surface area contributed by atoms with Gasteiger partial charge in [-0.15, -0.1) is 0 Å². The largest absolute Gasteiger partial charge is 0.396 e. The number of pyridine rings is 1. The molecule has 1 aromatic carbocycles. The van der Waals surface area contributed by atoms with Crippen LogP contribution < -0.4 is 5.32 Å². The van der Waals surface area contributed by atoms with Crippen LogP contribution in [0, 0.1) is 12.8 Å². The number of hydrogen-bond donors (Lipinski definition) is 2. The maximum absolute atomic E-state index is 9.03. The summed E-state index contributed by atoms with van der Waals surface area (Å²) in [6, 6.07) is 10.4. The first-order chi connectivity index (χ1) is 9.74. The lowest BCUT2D eigenvalue weighted by Crippen LogP contribution is -2.23. The second-order valence-corrected chi connectivity index (χ2v) is 5.36. The van der Waals surface area contributed by atoms with Crippen LogP contribution in [0.5, 0.6) is 0 Å². The minimum absolute atomic E-state index is 0.275. The molecule has 0 saturated heterocycles. The number of aliphatic hydroxyl groups is 1. The Morgan fingerprint density at radius 2 is 2.10 bits per heavy atom. The Morgan fingerprint density at radius 1 is 1.30 bits per heavy atom. The van der Waals surface area contributed by atoms with E-state index < -0.39 is 0 Å². The van der Waals surface area contributed by atoms with Gasteiger partial charge in [0.25, 0.3) is 0 Å². The van der Waals surface area contributed by atoms with Gasteiger partial charge in [0.15, 0.2) is 0 Å². The first kappa shape index (κ1) is 14.9. The number of aromatic nitrogens is 1. The fraction of sp³-hybridized carbons (Fsp3) is 0.471. The minimum atomic E-state index is 0.275. The standard InChI is InChI=1S/C17H24N2O/c1-3-14(8-9-20)11-18-12-15-10-13(2)19-17-7-5-4-6-16(15)17/h4-7,10,14,18,20H,3,8-9,11-12H2,1-2H3. The highest BCUT2D eigenvalue weighted by molar-refractivity contribution is 5.82.